The Morgan fingerprint density at radius 1 is 1.27 bits per heavy atom. The number of benzene rings is 1. The summed E-state index contributed by atoms with van der Waals surface area (Å²) in [5.41, 5.74) is 5.96. The summed E-state index contributed by atoms with van der Waals surface area (Å²) in [7, 11) is 1.44. The number of fused-ring (bicyclic) bond motifs is 1. The molecule has 1 atom stereocenters. The molecule has 1 aliphatic rings. The van der Waals surface area contributed by atoms with E-state index in [4.69, 9.17) is 10.5 Å². The van der Waals surface area contributed by atoms with E-state index in [0.717, 1.165) is 0 Å². The standard InChI is InChI=1S/C20H18F2N6O2/c1-20(10-28-9-11(21)5-16(28)18(23)27-20)13-6-12(3-4-14(13)22)26-19(29)15-7-25-17(30-2)8-24-15/h3-9H,10H2,1-2H3,(H2,23,27)(H,26,29)/t20-/m0/s1. The van der Waals surface area contributed by atoms with Gasteiger partial charge in [0.25, 0.3) is 5.91 Å². The molecular weight excluding hydrogens is 394 g/mol. The van der Waals surface area contributed by atoms with Gasteiger partial charge >= 0.3 is 0 Å². The number of ether oxygens (including phenoxy) is 1. The zero-order chi connectivity index (χ0) is 21.5. The van der Waals surface area contributed by atoms with Crippen molar-refractivity contribution in [2.75, 3.05) is 12.4 Å². The summed E-state index contributed by atoms with van der Waals surface area (Å²) in [5.74, 6) is -1.11. The number of hydrogen-bond donors (Lipinski definition) is 2. The zero-order valence-electron chi connectivity index (χ0n) is 16.2. The van der Waals surface area contributed by atoms with Gasteiger partial charge in [0.2, 0.25) is 5.88 Å². The number of rotatable bonds is 4. The monoisotopic (exact) mass is 412 g/mol. The SMILES string of the molecule is COc1cnc(C(=O)Nc2ccc(F)c([C@]3(C)Cn4cc(F)cc4C(N)=N3)c2)cn1. The van der Waals surface area contributed by atoms with Gasteiger partial charge in [-0.1, -0.05) is 0 Å². The third kappa shape index (κ3) is 3.47. The highest BCUT2D eigenvalue weighted by Crippen LogP contribution is 2.35. The van der Waals surface area contributed by atoms with E-state index < -0.39 is 23.1 Å². The van der Waals surface area contributed by atoms with Crippen molar-refractivity contribution in [3.8, 4) is 5.88 Å². The topological polar surface area (TPSA) is 107 Å². The Balaban J connectivity index is 1.63. The number of carbonyl (C=O) groups is 1. The number of nitrogens with zero attached hydrogens (tertiary/aromatic N) is 4. The zero-order valence-corrected chi connectivity index (χ0v) is 16.2. The Kier molecular flexibility index (Phi) is 4.69. The normalized spacial score (nSPS) is 17.8. The molecule has 2 aromatic heterocycles. The highest BCUT2D eigenvalue weighted by molar-refractivity contribution is 6.02. The van der Waals surface area contributed by atoms with Crippen LogP contribution in [0.4, 0.5) is 14.5 Å². The Hall–Kier alpha value is -3.82. The van der Waals surface area contributed by atoms with E-state index in [1.807, 2.05) is 0 Å². The Morgan fingerprint density at radius 3 is 2.77 bits per heavy atom. The van der Waals surface area contributed by atoms with Gasteiger partial charge in [-0.25, -0.2) is 18.7 Å². The van der Waals surface area contributed by atoms with Gasteiger partial charge in [0.1, 0.15) is 28.7 Å². The maximum atomic E-state index is 14.7. The van der Waals surface area contributed by atoms with E-state index in [-0.39, 0.29) is 29.5 Å². The van der Waals surface area contributed by atoms with Crippen LogP contribution in [0.2, 0.25) is 0 Å². The molecule has 0 radical (unpaired) electrons. The third-order valence-electron chi connectivity index (χ3n) is 4.85. The Labute approximate surface area is 170 Å². The minimum Gasteiger partial charge on any atom is -0.480 e. The fourth-order valence-electron chi connectivity index (χ4n) is 3.41. The first-order valence-corrected chi connectivity index (χ1v) is 8.98. The Bertz CT molecular complexity index is 1160. The van der Waals surface area contributed by atoms with Crippen LogP contribution in [-0.2, 0) is 12.1 Å². The lowest BCUT2D eigenvalue weighted by atomic mass is 9.90. The number of aromatic nitrogens is 3. The summed E-state index contributed by atoms with van der Waals surface area (Å²) in [5, 5.41) is 2.66. The van der Waals surface area contributed by atoms with Gasteiger partial charge in [-0.05, 0) is 25.1 Å². The first kappa shape index (κ1) is 19.5. The molecule has 4 rings (SSSR count). The fourth-order valence-corrected chi connectivity index (χ4v) is 3.41. The maximum Gasteiger partial charge on any atom is 0.275 e. The van der Waals surface area contributed by atoms with Crippen molar-refractivity contribution >= 4 is 17.4 Å². The second-order valence-corrected chi connectivity index (χ2v) is 7.04. The van der Waals surface area contributed by atoms with Gasteiger partial charge in [-0.15, -0.1) is 0 Å². The molecule has 0 bridgehead atoms. The molecular formula is C20H18F2N6O2. The first-order valence-electron chi connectivity index (χ1n) is 8.98. The lowest BCUT2D eigenvalue weighted by Crippen LogP contribution is -2.37. The molecule has 8 nitrogen and oxygen atoms in total. The second-order valence-electron chi connectivity index (χ2n) is 7.04. The predicted octanol–water partition coefficient (Wildman–Crippen LogP) is 2.45. The van der Waals surface area contributed by atoms with Crippen molar-refractivity contribution in [2.24, 2.45) is 10.7 Å². The first-order chi connectivity index (χ1) is 14.3. The van der Waals surface area contributed by atoms with Crippen LogP contribution < -0.4 is 15.8 Å². The van der Waals surface area contributed by atoms with Crippen LogP contribution in [-0.4, -0.2) is 33.4 Å². The molecule has 3 aromatic rings. The smallest absolute Gasteiger partial charge is 0.275 e. The quantitative estimate of drug-likeness (QED) is 0.685. The minimum absolute atomic E-state index is 0.0697. The van der Waals surface area contributed by atoms with Crippen LogP contribution in [0.5, 0.6) is 5.88 Å². The molecule has 154 valence electrons. The highest BCUT2D eigenvalue weighted by Gasteiger charge is 2.35. The van der Waals surface area contributed by atoms with Gasteiger partial charge in [0.15, 0.2) is 0 Å². The molecule has 1 aliphatic heterocycles. The van der Waals surface area contributed by atoms with Gasteiger partial charge in [-0.3, -0.25) is 9.79 Å². The van der Waals surface area contributed by atoms with Gasteiger partial charge in [-0.2, -0.15) is 0 Å². The number of carbonyl (C=O) groups excluding carboxylic acids is 1. The van der Waals surface area contributed by atoms with Crippen LogP contribution in [0.25, 0.3) is 0 Å². The van der Waals surface area contributed by atoms with Gasteiger partial charge < -0.3 is 20.4 Å². The number of nitrogens with two attached hydrogens (primary N) is 1. The fraction of sp³-hybridized carbons (Fsp3) is 0.200. The molecule has 1 aromatic carbocycles. The van der Waals surface area contributed by atoms with Crippen molar-refractivity contribution in [1.29, 1.82) is 0 Å². The molecule has 0 saturated carbocycles. The summed E-state index contributed by atoms with van der Waals surface area (Å²) in [6.45, 7) is 1.88. The number of hydrogen-bond acceptors (Lipinski definition) is 6. The van der Waals surface area contributed by atoms with Gasteiger partial charge in [0, 0.05) is 23.5 Å². The van der Waals surface area contributed by atoms with Crippen LogP contribution in [0.15, 0.2) is 47.8 Å². The summed E-state index contributed by atoms with van der Waals surface area (Å²) < 4.78 is 34.9. The molecule has 3 N–H and O–H groups in total. The average Bonchev–Trinajstić information content (AvgIpc) is 3.09. The summed E-state index contributed by atoms with van der Waals surface area (Å²) in [4.78, 5) is 24.8. The van der Waals surface area contributed by atoms with Crippen molar-refractivity contribution in [2.45, 2.75) is 19.0 Å². The minimum atomic E-state index is -1.09. The largest absolute Gasteiger partial charge is 0.480 e. The molecule has 10 heteroatoms. The van der Waals surface area contributed by atoms with E-state index in [1.165, 1.54) is 50.0 Å². The number of anilines is 1. The number of methoxy groups -OCH3 is 1. The van der Waals surface area contributed by atoms with E-state index in [0.29, 0.717) is 11.4 Å². The van der Waals surface area contributed by atoms with Crippen molar-refractivity contribution < 1.29 is 18.3 Å². The van der Waals surface area contributed by atoms with Crippen LogP contribution in [0, 0.1) is 11.6 Å². The number of aliphatic imine (C=N–C) groups is 1. The van der Waals surface area contributed by atoms with E-state index in [2.05, 4.69) is 20.3 Å². The second kappa shape index (κ2) is 7.21. The molecule has 0 aliphatic carbocycles. The average molecular weight is 412 g/mol. The number of halogens is 2. The number of nitrogens with one attached hydrogen (secondary N) is 1. The van der Waals surface area contributed by atoms with E-state index in [1.54, 1.807) is 11.5 Å². The van der Waals surface area contributed by atoms with Crippen molar-refractivity contribution in [3.63, 3.8) is 0 Å². The molecule has 3 heterocycles. The molecule has 0 spiro atoms. The molecule has 1 amide bonds. The van der Waals surface area contributed by atoms with Crippen LogP contribution in [0.3, 0.4) is 0 Å². The lowest BCUT2D eigenvalue weighted by Gasteiger charge is -2.32. The van der Waals surface area contributed by atoms with Crippen LogP contribution in [0.1, 0.15) is 28.7 Å². The summed E-state index contributed by atoms with van der Waals surface area (Å²) in [6, 6.07) is 5.41. The predicted molar refractivity (Wildman–Crippen MR) is 105 cm³/mol. The maximum absolute atomic E-state index is 14.7. The van der Waals surface area contributed by atoms with Crippen molar-refractivity contribution in [1.82, 2.24) is 14.5 Å². The lowest BCUT2D eigenvalue weighted by molar-refractivity contribution is 0.102. The Morgan fingerprint density at radius 2 is 2.07 bits per heavy atom. The van der Waals surface area contributed by atoms with E-state index in [9.17, 15) is 13.6 Å². The number of amides is 1. The molecule has 0 saturated heterocycles. The third-order valence-corrected chi connectivity index (χ3v) is 4.85. The summed E-state index contributed by atoms with van der Waals surface area (Å²) >= 11 is 0. The molecule has 30 heavy (non-hydrogen) atoms. The highest BCUT2D eigenvalue weighted by atomic mass is 19.1. The van der Waals surface area contributed by atoms with E-state index >= 15 is 0 Å². The van der Waals surface area contributed by atoms with Crippen molar-refractivity contribution in [3.05, 3.63) is 71.4 Å². The number of amidine groups is 1. The van der Waals surface area contributed by atoms with Crippen LogP contribution >= 0.6 is 0 Å². The summed E-state index contributed by atoms with van der Waals surface area (Å²) in [6.07, 6.45) is 3.88. The molecule has 0 unspecified atom stereocenters. The van der Waals surface area contributed by atoms with Gasteiger partial charge in [0.05, 0.1) is 31.7 Å². The molecule has 0 fully saturated rings.